The summed E-state index contributed by atoms with van der Waals surface area (Å²) in [6.45, 7) is 4.14. The van der Waals surface area contributed by atoms with Crippen LogP contribution in [0.4, 0.5) is 0 Å². The van der Waals surface area contributed by atoms with E-state index < -0.39 is 6.10 Å². The van der Waals surface area contributed by atoms with Crippen LogP contribution in [0.25, 0.3) is 0 Å². The van der Waals surface area contributed by atoms with Crippen LogP contribution in [0.1, 0.15) is 37.3 Å². The summed E-state index contributed by atoms with van der Waals surface area (Å²) in [5.41, 5.74) is 1.62. The molecule has 1 N–H and O–H groups in total. The van der Waals surface area contributed by atoms with Crippen molar-refractivity contribution in [2.75, 3.05) is 0 Å². The number of aliphatic hydroxyl groups is 1. The number of hydrogen-bond donors (Lipinski definition) is 1. The average Bonchev–Trinajstić information content (AvgIpc) is 2.78. The third-order valence-corrected chi connectivity index (χ3v) is 3.20. The lowest BCUT2D eigenvalue weighted by atomic mass is 10.1. The minimum atomic E-state index is -0.616. The zero-order valence-electron chi connectivity index (χ0n) is 10.5. The summed E-state index contributed by atoms with van der Waals surface area (Å²) in [5, 5.41) is 15.2. The van der Waals surface area contributed by atoms with Crippen molar-refractivity contribution in [3.63, 3.8) is 0 Å². The molecule has 96 valence electrons. The highest BCUT2D eigenvalue weighted by molar-refractivity contribution is 6.31. The van der Waals surface area contributed by atoms with Crippen molar-refractivity contribution in [2.24, 2.45) is 0 Å². The van der Waals surface area contributed by atoms with E-state index in [2.05, 4.69) is 18.9 Å². The van der Waals surface area contributed by atoms with E-state index in [0.717, 1.165) is 11.3 Å². The van der Waals surface area contributed by atoms with Gasteiger partial charge in [0.2, 0.25) is 0 Å². The summed E-state index contributed by atoms with van der Waals surface area (Å²) < 4.78 is 1.88. The Morgan fingerprint density at radius 1 is 1.28 bits per heavy atom. The van der Waals surface area contributed by atoms with Crippen LogP contribution in [0.3, 0.4) is 0 Å². The van der Waals surface area contributed by atoms with Crippen LogP contribution >= 0.6 is 11.6 Å². The number of aliphatic hydroxyl groups excluding tert-OH is 1. The maximum Gasteiger partial charge on any atom is 0.0860 e. The molecule has 0 radical (unpaired) electrons. The van der Waals surface area contributed by atoms with Crippen LogP contribution in [0.15, 0.2) is 36.5 Å². The van der Waals surface area contributed by atoms with Gasteiger partial charge < -0.3 is 5.11 Å². The molecule has 0 aliphatic rings. The third-order valence-electron chi connectivity index (χ3n) is 2.86. The Morgan fingerprint density at radius 3 is 2.61 bits per heavy atom. The van der Waals surface area contributed by atoms with Gasteiger partial charge in [-0.2, -0.15) is 5.10 Å². The van der Waals surface area contributed by atoms with Crippen LogP contribution in [-0.2, 0) is 6.42 Å². The lowest BCUT2D eigenvalue weighted by Crippen LogP contribution is -2.05. The first-order valence-electron chi connectivity index (χ1n) is 6.04. The molecule has 0 spiro atoms. The fourth-order valence-corrected chi connectivity index (χ4v) is 2.09. The predicted octanol–water partition coefficient (Wildman–Crippen LogP) is 3.39. The van der Waals surface area contributed by atoms with Gasteiger partial charge in [-0.1, -0.05) is 29.8 Å². The number of rotatable bonds is 4. The predicted molar refractivity (Wildman–Crippen MR) is 72.7 cm³/mol. The van der Waals surface area contributed by atoms with Gasteiger partial charge in [0.05, 0.1) is 11.8 Å². The second-order valence-corrected chi connectivity index (χ2v) is 5.03. The molecule has 18 heavy (non-hydrogen) atoms. The molecule has 0 aliphatic heterocycles. The van der Waals surface area contributed by atoms with Gasteiger partial charge in [-0.25, -0.2) is 0 Å². The van der Waals surface area contributed by atoms with Crippen molar-refractivity contribution >= 4 is 11.6 Å². The second-order valence-electron chi connectivity index (χ2n) is 4.62. The Bertz CT molecular complexity index is 522. The van der Waals surface area contributed by atoms with Crippen LogP contribution in [0.2, 0.25) is 5.02 Å². The minimum Gasteiger partial charge on any atom is -0.388 e. The van der Waals surface area contributed by atoms with E-state index in [4.69, 9.17) is 11.6 Å². The van der Waals surface area contributed by atoms with Crippen molar-refractivity contribution in [3.05, 3.63) is 52.8 Å². The Kier molecular flexibility index (Phi) is 4.04. The first kappa shape index (κ1) is 13.1. The van der Waals surface area contributed by atoms with Crippen molar-refractivity contribution < 1.29 is 5.11 Å². The zero-order chi connectivity index (χ0) is 13.1. The molecule has 1 unspecified atom stereocenters. The Labute approximate surface area is 112 Å². The molecule has 1 aromatic carbocycles. The van der Waals surface area contributed by atoms with Crippen LogP contribution in [0, 0.1) is 0 Å². The molecule has 2 aromatic rings. The molecular weight excluding hydrogens is 248 g/mol. The Morgan fingerprint density at radius 2 is 2.00 bits per heavy atom. The molecule has 0 fully saturated rings. The van der Waals surface area contributed by atoms with Gasteiger partial charge in [-0.15, -0.1) is 0 Å². The van der Waals surface area contributed by atoms with Crippen molar-refractivity contribution in [1.82, 2.24) is 9.78 Å². The topological polar surface area (TPSA) is 38.0 Å². The van der Waals surface area contributed by atoms with Gasteiger partial charge in [-0.05, 0) is 31.5 Å². The number of benzene rings is 1. The van der Waals surface area contributed by atoms with E-state index in [0.29, 0.717) is 17.5 Å². The molecule has 0 aliphatic carbocycles. The van der Waals surface area contributed by atoms with Crippen LogP contribution < -0.4 is 0 Å². The first-order chi connectivity index (χ1) is 8.58. The smallest absolute Gasteiger partial charge is 0.0860 e. The van der Waals surface area contributed by atoms with Gasteiger partial charge in [-0.3, -0.25) is 4.68 Å². The number of nitrogens with zero attached hydrogens (tertiary/aromatic N) is 2. The number of aromatic nitrogens is 2. The molecule has 0 bridgehead atoms. The molecular formula is C14H17ClN2O. The standard InChI is InChI=1S/C14H17ClN2O/c1-10(2)17-8-7-11(16-17)9-14(18)12-5-3-4-6-13(12)15/h3-8,10,14,18H,9H2,1-2H3. The highest BCUT2D eigenvalue weighted by Crippen LogP contribution is 2.25. The molecule has 1 heterocycles. The summed E-state index contributed by atoms with van der Waals surface area (Å²) in [5.74, 6) is 0. The third kappa shape index (κ3) is 2.92. The summed E-state index contributed by atoms with van der Waals surface area (Å²) in [7, 11) is 0. The maximum atomic E-state index is 10.2. The van der Waals surface area contributed by atoms with Crippen molar-refractivity contribution in [3.8, 4) is 0 Å². The highest BCUT2D eigenvalue weighted by Gasteiger charge is 2.13. The van der Waals surface area contributed by atoms with Gasteiger partial charge in [0.25, 0.3) is 0 Å². The van der Waals surface area contributed by atoms with E-state index >= 15 is 0 Å². The summed E-state index contributed by atoms with van der Waals surface area (Å²) >= 11 is 6.06. The fraction of sp³-hybridized carbons (Fsp3) is 0.357. The van der Waals surface area contributed by atoms with E-state index in [9.17, 15) is 5.11 Å². The van der Waals surface area contributed by atoms with Gasteiger partial charge in [0, 0.05) is 23.7 Å². The lowest BCUT2D eigenvalue weighted by molar-refractivity contribution is 0.177. The quantitative estimate of drug-likeness (QED) is 0.919. The SMILES string of the molecule is CC(C)n1ccc(CC(O)c2ccccc2Cl)n1. The Balaban J connectivity index is 2.11. The molecule has 1 atom stereocenters. The molecule has 0 amide bonds. The molecule has 1 aromatic heterocycles. The summed E-state index contributed by atoms with van der Waals surface area (Å²) in [6, 6.07) is 9.61. The fourth-order valence-electron chi connectivity index (χ4n) is 1.83. The largest absolute Gasteiger partial charge is 0.388 e. The molecule has 0 saturated carbocycles. The molecule has 3 nitrogen and oxygen atoms in total. The van der Waals surface area contributed by atoms with E-state index in [1.54, 1.807) is 6.07 Å². The van der Waals surface area contributed by atoms with E-state index in [1.165, 1.54) is 0 Å². The van der Waals surface area contributed by atoms with Crippen molar-refractivity contribution in [2.45, 2.75) is 32.4 Å². The molecule has 4 heteroatoms. The minimum absolute atomic E-state index is 0.330. The monoisotopic (exact) mass is 264 g/mol. The number of hydrogen-bond acceptors (Lipinski definition) is 2. The highest BCUT2D eigenvalue weighted by atomic mass is 35.5. The normalized spacial score (nSPS) is 12.9. The van der Waals surface area contributed by atoms with Crippen LogP contribution in [-0.4, -0.2) is 14.9 Å². The van der Waals surface area contributed by atoms with E-state index in [-0.39, 0.29) is 0 Å². The molecule has 0 saturated heterocycles. The summed E-state index contributed by atoms with van der Waals surface area (Å²) in [6.07, 6.45) is 1.79. The zero-order valence-corrected chi connectivity index (χ0v) is 11.3. The second kappa shape index (κ2) is 5.55. The lowest BCUT2D eigenvalue weighted by Gasteiger charge is -2.11. The summed E-state index contributed by atoms with van der Waals surface area (Å²) in [4.78, 5) is 0. The molecule has 2 rings (SSSR count). The van der Waals surface area contributed by atoms with Crippen molar-refractivity contribution in [1.29, 1.82) is 0 Å². The van der Waals surface area contributed by atoms with Gasteiger partial charge in [0.15, 0.2) is 0 Å². The van der Waals surface area contributed by atoms with Gasteiger partial charge >= 0.3 is 0 Å². The van der Waals surface area contributed by atoms with E-state index in [1.807, 2.05) is 35.1 Å². The number of halogens is 1. The van der Waals surface area contributed by atoms with Crippen LogP contribution in [0.5, 0.6) is 0 Å². The van der Waals surface area contributed by atoms with Gasteiger partial charge in [0.1, 0.15) is 0 Å². The average molecular weight is 265 g/mol. The maximum absolute atomic E-state index is 10.2. The first-order valence-corrected chi connectivity index (χ1v) is 6.42. The Hall–Kier alpha value is -1.32.